The minimum Gasteiger partial charge on any atom is -0.0834 e. The smallest absolute Gasteiger partial charge is 0.0517 e. The van der Waals surface area contributed by atoms with E-state index >= 15 is 0 Å². The molecule has 0 amide bonds. The van der Waals surface area contributed by atoms with Gasteiger partial charge >= 0.3 is 0 Å². The predicted octanol–water partition coefficient (Wildman–Crippen LogP) is 4.12. The van der Waals surface area contributed by atoms with Crippen molar-refractivity contribution in [2.45, 2.75) is 33.1 Å². The summed E-state index contributed by atoms with van der Waals surface area (Å²) >= 11 is 6.01. The molecule has 0 heterocycles. The normalized spacial score (nSPS) is 12.8. The highest BCUT2D eigenvalue weighted by atomic mass is 35.5. The van der Waals surface area contributed by atoms with E-state index in [0.29, 0.717) is 0 Å². The van der Waals surface area contributed by atoms with Crippen molar-refractivity contribution in [2.24, 2.45) is 5.92 Å². The lowest BCUT2D eigenvalue weighted by Crippen LogP contribution is -1.99. The van der Waals surface area contributed by atoms with Crippen LogP contribution in [0.5, 0.6) is 0 Å². The van der Waals surface area contributed by atoms with E-state index in [9.17, 15) is 0 Å². The maximum atomic E-state index is 6.01. The first kappa shape index (κ1) is 10.6. The summed E-state index contributed by atoms with van der Waals surface area (Å²) in [6.45, 7) is 4.49. The second kappa shape index (κ2) is 5.29. The van der Waals surface area contributed by atoms with Crippen LogP contribution in [0.25, 0.3) is 0 Å². The standard InChI is InChI=1S/C12H16Cl/c1-3-6-10(2)9-11-7-4-5-8-12(11)13/h4-5,7,10H,3,6,9H2,1-2H3. The van der Waals surface area contributed by atoms with Crippen LogP contribution < -0.4 is 0 Å². The molecule has 0 N–H and O–H groups in total. The third-order valence-corrected chi connectivity index (χ3v) is 2.59. The van der Waals surface area contributed by atoms with Gasteiger partial charge in [-0.1, -0.05) is 56.5 Å². The van der Waals surface area contributed by atoms with E-state index in [2.05, 4.69) is 26.0 Å². The Morgan fingerprint density at radius 3 is 2.92 bits per heavy atom. The van der Waals surface area contributed by atoms with Crippen LogP contribution in [-0.2, 0) is 6.42 Å². The lowest BCUT2D eigenvalue weighted by atomic mass is 9.97. The summed E-state index contributed by atoms with van der Waals surface area (Å²) in [6, 6.07) is 8.96. The van der Waals surface area contributed by atoms with Crippen molar-refractivity contribution in [1.29, 1.82) is 0 Å². The summed E-state index contributed by atoms with van der Waals surface area (Å²) in [4.78, 5) is 0. The molecule has 0 aliphatic heterocycles. The maximum absolute atomic E-state index is 6.01. The molecule has 0 spiro atoms. The van der Waals surface area contributed by atoms with Crippen molar-refractivity contribution in [3.05, 3.63) is 34.9 Å². The summed E-state index contributed by atoms with van der Waals surface area (Å²) in [5.74, 6) is 0.721. The van der Waals surface area contributed by atoms with Crippen LogP contribution in [0.1, 0.15) is 32.3 Å². The van der Waals surface area contributed by atoms with Gasteiger partial charge in [0.1, 0.15) is 0 Å². The third-order valence-electron chi connectivity index (χ3n) is 2.24. The Bertz CT molecular complexity index is 255. The summed E-state index contributed by atoms with van der Waals surface area (Å²) in [7, 11) is 0. The van der Waals surface area contributed by atoms with Crippen LogP contribution in [-0.4, -0.2) is 0 Å². The van der Waals surface area contributed by atoms with Crippen LogP contribution in [0.2, 0.25) is 5.02 Å². The van der Waals surface area contributed by atoms with Gasteiger partial charge in [-0.05, 0) is 17.9 Å². The van der Waals surface area contributed by atoms with E-state index in [4.69, 9.17) is 11.6 Å². The minimum absolute atomic E-state index is 0.721. The predicted molar refractivity (Wildman–Crippen MR) is 58.1 cm³/mol. The molecule has 1 atom stereocenters. The molecule has 1 aromatic carbocycles. The van der Waals surface area contributed by atoms with Crippen molar-refractivity contribution in [2.75, 3.05) is 0 Å². The Morgan fingerprint density at radius 1 is 1.54 bits per heavy atom. The molecule has 1 radical (unpaired) electrons. The summed E-state index contributed by atoms with van der Waals surface area (Å²) < 4.78 is 0. The van der Waals surface area contributed by atoms with Gasteiger partial charge in [0.05, 0.1) is 5.02 Å². The lowest BCUT2D eigenvalue weighted by Gasteiger charge is -2.10. The molecule has 1 rings (SSSR count). The second-order valence-corrected chi connectivity index (χ2v) is 3.99. The highest BCUT2D eigenvalue weighted by Gasteiger charge is 2.05. The average Bonchev–Trinajstić information content (AvgIpc) is 2.09. The fraction of sp³-hybridized carbons (Fsp3) is 0.500. The second-order valence-electron chi connectivity index (χ2n) is 3.61. The first-order valence-corrected chi connectivity index (χ1v) is 5.27. The quantitative estimate of drug-likeness (QED) is 0.678. The molecule has 71 valence electrons. The Kier molecular flexibility index (Phi) is 4.31. The van der Waals surface area contributed by atoms with E-state index in [0.717, 1.165) is 17.4 Å². The number of hydrogen-bond acceptors (Lipinski definition) is 0. The molecule has 1 unspecified atom stereocenters. The van der Waals surface area contributed by atoms with E-state index in [1.54, 1.807) is 0 Å². The van der Waals surface area contributed by atoms with Crippen molar-refractivity contribution >= 4 is 11.6 Å². The van der Waals surface area contributed by atoms with Crippen molar-refractivity contribution in [1.82, 2.24) is 0 Å². The lowest BCUT2D eigenvalue weighted by molar-refractivity contribution is 0.522. The number of hydrogen-bond donors (Lipinski definition) is 0. The molecule has 0 aliphatic carbocycles. The molecule has 0 saturated carbocycles. The topological polar surface area (TPSA) is 0 Å². The van der Waals surface area contributed by atoms with Crippen LogP contribution in [0, 0.1) is 12.0 Å². The Hall–Kier alpha value is -0.490. The van der Waals surface area contributed by atoms with Gasteiger partial charge in [0.15, 0.2) is 0 Å². The first-order valence-electron chi connectivity index (χ1n) is 4.89. The monoisotopic (exact) mass is 195 g/mol. The summed E-state index contributed by atoms with van der Waals surface area (Å²) in [6.07, 6.45) is 3.59. The van der Waals surface area contributed by atoms with Gasteiger partial charge in [-0.2, -0.15) is 0 Å². The van der Waals surface area contributed by atoms with Gasteiger partial charge in [0.2, 0.25) is 0 Å². The summed E-state index contributed by atoms with van der Waals surface area (Å²) in [5, 5.41) is 0.783. The van der Waals surface area contributed by atoms with Gasteiger partial charge < -0.3 is 0 Å². The van der Waals surface area contributed by atoms with Crippen LogP contribution in [0.3, 0.4) is 0 Å². The molecular weight excluding hydrogens is 180 g/mol. The molecule has 0 fully saturated rings. The largest absolute Gasteiger partial charge is 0.0834 e. The van der Waals surface area contributed by atoms with E-state index < -0.39 is 0 Å². The zero-order chi connectivity index (χ0) is 9.68. The molecule has 1 heteroatoms. The SMILES string of the molecule is CCCC(C)Cc1ccc[c]c1Cl. The van der Waals surface area contributed by atoms with E-state index in [1.807, 2.05) is 12.1 Å². The van der Waals surface area contributed by atoms with Crippen LogP contribution in [0.15, 0.2) is 18.2 Å². The Balaban J connectivity index is 2.58. The number of benzene rings is 1. The molecule has 0 saturated heterocycles. The molecule has 1 aromatic rings. The van der Waals surface area contributed by atoms with Crippen LogP contribution >= 0.6 is 11.6 Å². The maximum Gasteiger partial charge on any atom is 0.0517 e. The average molecular weight is 196 g/mol. The zero-order valence-electron chi connectivity index (χ0n) is 8.31. The third kappa shape index (κ3) is 3.40. The van der Waals surface area contributed by atoms with Gasteiger partial charge in [-0.3, -0.25) is 0 Å². The van der Waals surface area contributed by atoms with Crippen molar-refractivity contribution in [3.63, 3.8) is 0 Å². The number of halogens is 1. The number of rotatable bonds is 4. The fourth-order valence-corrected chi connectivity index (χ4v) is 1.78. The molecule has 0 aromatic heterocycles. The Labute approximate surface area is 85.9 Å². The summed E-state index contributed by atoms with van der Waals surface area (Å²) in [5.41, 5.74) is 1.23. The van der Waals surface area contributed by atoms with E-state index in [-0.39, 0.29) is 0 Å². The van der Waals surface area contributed by atoms with Gasteiger partial charge in [-0.15, -0.1) is 0 Å². The van der Waals surface area contributed by atoms with Crippen molar-refractivity contribution in [3.8, 4) is 0 Å². The Morgan fingerprint density at radius 2 is 2.31 bits per heavy atom. The molecule has 0 bridgehead atoms. The molecular formula is C12H16Cl. The molecule has 0 aliphatic rings. The molecule has 13 heavy (non-hydrogen) atoms. The highest BCUT2D eigenvalue weighted by molar-refractivity contribution is 6.31. The van der Waals surface area contributed by atoms with E-state index in [1.165, 1.54) is 18.4 Å². The van der Waals surface area contributed by atoms with Gasteiger partial charge in [0.25, 0.3) is 0 Å². The van der Waals surface area contributed by atoms with Gasteiger partial charge in [-0.25, -0.2) is 0 Å². The molecule has 0 nitrogen and oxygen atoms in total. The first-order chi connectivity index (χ1) is 6.24. The van der Waals surface area contributed by atoms with Gasteiger partial charge in [0, 0.05) is 6.07 Å². The van der Waals surface area contributed by atoms with Crippen molar-refractivity contribution < 1.29 is 0 Å². The fourth-order valence-electron chi connectivity index (χ4n) is 1.58. The zero-order valence-corrected chi connectivity index (χ0v) is 9.06. The minimum atomic E-state index is 0.721. The van der Waals surface area contributed by atoms with Crippen LogP contribution in [0.4, 0.5) is 0 Å². The highest BCUT2D eigenvalue weighted by Crippen LogP contribution is 2.20.